The zero-order valence-corrected chi connectivity index (χ0v) is 15.7. The first kappa shape index (κ1) is 19.8. The molecule has 2 N–H and O–H groups in total. The van der Waals surface area contributed by atoms with Gasteiger partial charge < -0.3 is 15.5 Å². The lowest BCUT2D eigenvalue weighted by atomic mass is 9.84. The highest BCUT2D eigenvalue weighted by Crippen LogP contribution is 2.38. The fourth-order valence-corrected chi connectivity index (χ4v) is 3.45. The largest absolute Gasteiger partial charge is 0.355 e. The minimum Gasteiger partial charge on any atom is -0.355 e. The van der Waals surface area contributed by atoms with Gasteiger partial charge in [-0.05, 0) is 26.2 Å². The number of unbranched alkanes of at least 4 members (excludes halogenated alkanes) is 2. The first-order chi connectivity index (χ1) is 10.9. The Morgan fingerprint density at radius 2 is 1.91 bits per heavy atom. The van der Waals surface area contributed by atoms with Gasteiger partial charge in [0.1, 0.15) is 0 Å². The van der Waals surface area contributed by atoms with Gasteiger partial charge in [-0.3, -0.25) is 9.79 Å². The highest BCUT2D eigenvalue weighted by atomic mass is 16.2. The number of nitrogens with zero attached hydrogens (tertiary/aromatic N) is 2. The van der Waals surface area contributed by atoms with E-state index in [2.05, 4.69) is 29.5 Å². The molecule has 0 aliphatic heterocycles. The van der Waals surface area contributed by atoms with Crippen molar-refractivity contribution in [3.63, 3.8) is 0 Å². The SMILES string of the molecule is CCCCCC(C)NC(=NC)NCC1(C(=O)N(C)C)CCCC1. The number of carbonyl (C=O) groups is 1. The van der Waals surface area contributed by atoms with Crippen LogP contribution in [0.4, 0.5) is 0 Å². The third kappa shape index (κ3) is 6.04. The number of carbonyl (C=O) groups excluding carboxylic acids is 1. The van der Waals surface area contributed by atoms with E-state index in [1.807, 2.05) is 14.1 Å². The summed E-state index contributed by atoms with van der Waals surface area (Å²) in [5.41, 5.74) is -0.257. The van der Waals surface area contributed by atoms with Crippen molar-refractivity contribution in [3.8, 4) is 0 Å². The summed E-state index contributed by atoms with van der Waals surface area (Å²) < 4.78 is 0. The van der Waals surface area contributed by atoms with E-state index in [0.717, 1.165) is 38.1 Å². The molecule has 1 unspecified atom stereocenters. The molecule has 0 saturated heterocycles. The number of hydrogen-bond acceptors (Lipinski definition) is 2. The normalized spacial score (nSPS) is 18.6. The van der Waals surface area contributed by atoms with E-state index in [0.29, 0.717) is 12.6 Å². The average Bonchev–Trinajstić information content (AvgIpc) is 3.00. The number of aliphatic imine (C=N–C) groups is 1. The second kappa shape index (κ2) is 9.78. The van der Waals surface area contributed by atoms with E-state index in [1.54, 1.807) is 11.9 Å². The first-order valence-electron chi connectivity index (χ1n) is 9.14. The molecule has 5 heteroatoms. The maximum absolute atomic E-state index is 12.6. The van der Waals surface area contributed by atoms with Crippen LogP contribution in [0.25, 0.3) is 0 Å². The van der Waals surface area contributed by atoms with Crippen LogP contribution in [0.3, 0.4) is 0 Å². The van der Waals surface area contributed by atoms with Crippen LogP contribution >= 0.6 is 0 Å². The molecule has 0 aromatic carbocycles. The van der Waals surface area contributed by atoms with Gasteiger partial charge in [0.2, 0.25) is 5.91 Å². The zero-order chi connectivity index (χ0) is 17.3. The molecule has 1 rings (SSSR count). The predicted octanol–water partition coefficient (Wildman–Crippen LogP) is 2.77. The van der Waals surface area contributed by atoms with Crippen LogP contribution in [0.2, 0.25) is 0 Å². The van der Waals surface area contributed by atoms with Crippen LogP contribution in [-0.4, -0.2) is 50.5 Å². The Kier molecular flexibility index (Phi) is 8.42. The third-order valence-corrected chi connectivity index (χ3v) is 4.86. The van der Waals surface area contributed by atoms with Gasteiger partial charge in [0.15, 0.2) is 5.96 Å². The zero-order valence-electron chi connectivity index (χ0n) is 15.7. The molecule has 23 heavy (non-hydrogen) atoms. The lowest BCUT2D eigenvalue weighted by molar-refractivity contribution is -0.138. The molecule has 134 valence electrons. The van der Waals surface area contributed by atoms with Gasteiger partial charge >= 0.3 is 0 Å². The third-order valence-electron chi connectivity index (χ3n) is 4.86. The molecule has 1 amide bonds. The number of guanidine groups is 1. The quantitative estimate of drug-likeness (QED) is 0.410. The monoisotopic (exact) mass is 324 g/mol. The summed E-state index contributed by atoms with van der Waals surface area (Å²) >= 11 is 0. The molecule has 5 nitrogen and oxygen atoms in total. The van der Waals surface area contributed by atoms with Gasteiger partial charge in [-0.15, -0.1) is 0 Å². The summed E-state index contributed by atoms with van der Waals surface area (Å²) in [5, 5.41) is 6.85. The summed E-state index contributed by atoms with van der Waals surface area (Å²) in [6, 6.07) is 0.400. The van der Waals surface area contributed by atoms with Gasteiger partial charge in [-0.25, -0.2) is 0 Å². The second-order valence-electron chi connectivity index (χ2n) is 7.15. The van der Waals surface area contributed by atoms with Crippen molar-refractivity contribution in [2.75, 3.05) is 27.7 Å². The standard InChI is InChI=1S/C18H36N4O/c1-6-7-8-11-15(2)21-17(19-3)20-14-18(12-9-10-13-18)16(23)22(4)5/h15H,6-14H2,1-5H3,(H2,19,20,21). The molecular weight excluding hydrogens is 288 g/mol. The van der Waals surface area contributed by atoms with Crippen molar-refractivity contribution < 1.29 is 4.79 Å². The van der Waals surface area contributed by atoms with Crippen molar-refractivity contribution >= 4 is 11.9 Å². The van der Waals surface area contributed by atoms with Gasteiger partial charge in [0.25, 0.3) is 0 Å². The maximum Gasteiger partial charge on any atom is 0.230 e. The number of hydrogen-bond donors (Lipinski definition) is 2. The molecule has 0 aromatic heterocycles. The molecule has 0 radical (unpaired) electrons. The molecule has 1 saturated carbocycles. The summed E-state index contributed by atoms with van der Waals surface area (Å²) in [5.74, 6) is 1.06. The van der Waals surface area contributed by atoms with E-state index < -0.39 is 0 Å². The molecule has 0 heterocycles. The fourth-order valence-electron chi connectivity index (χ4n) is 3.45. The molecule has 1 atom stereocenters. The summed E-state index contributed by atoms with van der Waals surface area (Å²) in [6.07, 6.45) is 9.13. The van der Waals surface area contributed by atoms with E-state index in [4.69, 9.17) is 0 Å². The Morgan fingerprint density at radius 3 is 2.43 bits per heavy atom. The summed E-state index contributed by atoms with van der Waals surface area (Å²) in [7, 11) is 5.50. The van der Waals surface area contributed by atoms with Gasteiger partial charge in [0, 0.05) is 33.7 Å². The number of rotatable bonds is 8. The van der Waals surface area contributed by atoms with Crippen molar-refractivity contribution in [1.29, 1.82) is 0 Å². The van der Waals surface area contributed by atoms with E-state index >= 15 is 0 Å². The topological polar surface area (TPSA) is 56.7 Å². The molecule has 0 spiro atoms. The van der Waals surface area contributed by atoms with Gasteiger partial charge in [0.05, 0.1) is 5.41 Å². The van der Waals surface area contributed by atoms with E-state index in [9.17, 15) is 4.79 Å². The highest BCUT2D eigenvalue weighted by Gasteiger charge is 2.42. The van der Waals surface area contributed by atoms with Crippen molar-refractivity contribution in [2.45, 2.75) is 71.3 Å². The molecule has 1 aliphatic rings. The highest BCUT2D eigenvalue weighted by molar-refractivity contribution is 5.85. The fraction of sp³-hybridized carbons (Fsp3) is 0.889. The lowest BCUT2D eigenvalue weighted by Crippen LogP contribution is -2.50. The first-order valence-corrected chi connectivity index (χ1v) is 9.14. The van der Waals surface area contributed by atoms with Crippen molar-refractivity contribution in [3.05, 3.63) is 0 Å². The molecular formula is C18H36N4O. The smallest absolute Gasteiger partial charge is 0.230 e. The Hall–Kier alpha value is -1.26. The Labute approximate surface area is 142 Å². The van der Waals surface area contributed by atoms with Crippen LogP contribution in [-0.2, 0) is 4.79 Å². The Morgan fingerprint density at radius 1 is 1.26 bits per heavy atom. The van der Waals surface area contributed by atoms with Crippen LogP contribution in [0.5, 0.6) is 0 Å². The molecule has 1 fully saturated rings. The van der Waals surface area contributed by atoms with Crippen molar-refractivity contribution in [1.82, 2.24) is 15.5 Å². The number of nitrogens with one attached hydrogen (secondary N) is 2. The average molecular weight is 325 g/mol. The minimum absolute atomic E-state index is 0.244. The summed E-state index contributed by atoms with van der Waals surface area (Å²) in [6.45, 7) is 5.09. The molecule has 0 bridgehead atoms. The van der Waals surface area contributed by atoms with Crippen LogP contribution in [0, 0.1) is 5.41 Å². The van der Waals surface area contributed by atoms with Crippen LogP contribution < -0.4 is 10.6 Å². The molecule has 1 aliphatic carbocycles. The van der Waals surface area contributed by atoms with Gasteiger partial charge in [-0.2, -0.15) is 0 Å². The lowest BCUT2D eigenvalue weighted by Gasteiger charge is -2.31. The molecule has 0 aromatic rings. The Bertz CT molecular complexity index is 386. The van der Waals surface area contributed by atoms with E-state index in [1.165, 1.54) is 19.3 Å². The van der Waals surface area contributed by atoms with E-state index in [-0.39, 0.29) is 11.3 Å². The predicted molar refractivity (Wildman–Crippen MR) is 97.7 cm³/mol. The Balaban J connectivity index is 2.53. The minimum atomic E-state index is -0.257. The summed E-state index contributed by atoms with van der Waals surface area (Å²) in [4.78, 5) is 18.6. The number of amides is 1. The second-order valence-corrected chi connectivity index (χ2v) is 7.15. The van der Waals surface area contributed by atoms with Crippen LogP contribution in [0.1, 0.15) is 65.2 Å². The van der Waals surface area contributed by atoms with Gasteiger partial charge in [-0.1, -0.05) is 39.0 Å². The van der Waals surface area contributed by atoms with Crippen molar-refractivity contribution in [2.24, 2.45) is 10.4 Å². The maximum atomic E-state index is 12.6. The van der Waals surface area contributed by atoms with Crippen LogP contribution in [0.15, 0.2) is 4.99 Å².